The lowest BCUT2D eigenvalue weighted by atomic mass is 10.2. The summed E-state index contributed by atoms with van der Waals surface area (Å²) in [5.41, 5.74) is 2.51. The van der Waals surface area contributed by atoms with E-state index < -0.39 is 6.10 Å². The Kier molecular flexibility index (Phi) is 8.77. The lowest BCUT2D eigenvalue weighted by Gasteiger charge is -2.29. The van der Waals surface area contributed by atoms with Crippen molar-refractivity contribution in [3.63, 3.8) is 0 Å². The molecule has 0 saturated heterocycles. The number of para-hydroxylation sites is 1. The van der Waals surface area contributed by atoms with Crippen LogP contribution in [0.1, 0.15) is 25.1 Å². The van der Waals surface area contributed by atoms with Gasteiger partial charge in [-0.25, -0.2) is 9.07 Å². The van der Waals surface area contributed by atoms with E-state index in [1.807, 2.05) is 37.3 Å². The van der Waals surface area contributed by atoms with Crippen molar-refractivity contribution in [2.75, 3.05) is 19.8 Å². The van der Waals surface area contributed by atoms with Crippen LogP contribution in [-0.4, -0.2) is 51.7 Å². The molecule has 2 aromatic carbocycles. The fourth-order valence-electron chi connectivity index (χ4n) is 3.48. The van der Waals surface area contributed by atoms with Gasteiger partial charge in [0.2, 0.25) is 5.88 Å². The van der Waals surface area contributed by atoms with E-state index in [1.54, 1.807) is 22.9 Å². The van der Waals surface area contributed by atoms with E-state index in [2.05, 4.69) is 25.3 Å². The summed E-state index contributed by atoms with van der Waals surface area (Å²) in [4.78, 5) is 2.14. The molecular formula is C26H32FN3O3. The molecule has 176 valence electrons. The van der Waals surface area contributed by atoms with Crippen LogP contribution in [0.3, 0.4) is 0 Å². The summed E-state index contributed by atoms with van der Waals surface area (Å²) < 4.78 is 27.2. The highest BCUT2D eigenvalue weighted by molar-refractivity contribution is 5.43. The Morgan fingerprint density at radius 2 is 1.94 bits per heavy atom. The molecule has 0 bridgehead atoms. The van der Waals surface area contributed by atoms with Gasteiger partial charge in [0.1, 0.15) is 11.6 Å². The minimum atomic E-state index is -0.649. The van der Waals surface area contributed by atoms with Crippen molar-refractivity contribution in [1.29, 1.82) is 0 Å². The normalized spacial score (nSPS) is 12.3. The van der Waals surface area contributed by atoms with Crippen LogP contribution in [0, 0.1) is 12.7 Å². The minimum Gasteiger partial charge on any atom is -0.438 e. The van der Waals surface area contributed by atoms with Crippen LogP contribution in [0.2, 0.25) is 0 Å². The predicted octanol–water partition coefficient (Wildman–Crippen LogP) is 4.89. The second kappa shape index (κ2) is 11.7. The second-order valence-corrected chi connectivity index (χ2v) is 8.18. The van der Waals surface area contributed by atoms with Crippen molar-refractivity contribution in [1.82, 2.24) is 14.7 Å². The summed E-state index contributed by atoms with van der Waals surface area (Å²) in [6.07, 6.45) is 1.01. The zero-order valence-corrected chi connectivity index (χ0v) is 19.4. The van der Waals surface area contributed by atoms with Crippen molar-refractivity contribution in [3.8, 4) is 17.3 Å². The van der Waals surface area contributed by atoms with Gasteiger partial charge in [-0.05, 0) is 45.0 Å². The Morgan fingerprint density at radius 3 is 2.61 bits per heavy atom. The average molecular weight is 454 g/mol. The molecule has 0 aliphatic heterocycles. The Labute approximate surface area is 194 Å². The topological polar surface area (TPSA) is 59.8 Å². The van der Waals surface area contributed by atoms with Gasteiger partial charge in [-0.15, -0.1) is 6.58 Å². The molecule has 0 aliphatic carbocycles. The van der Waals surface area contributed by atoms with Gasteiger partial charge in [0.05, 0.1) is 36.3 Å². The van der Waals surface area contributed by atoms with Crippen LogP contribution in [0.5, 0.6) is 11.6 Å². The molecule has 3 aromatic rings. The maximum Gasteiger partial charge on any atom is 0.227 e. The predicted molar refractivity (Wildman–Crippen MR) is 127 cm³/mol. The van der Waals surface area contributed by atoms with Crippen LogP contribution in [0.4, 0.5) is 4.39 Å². The number of hydrogen-bond donors (Lipinski definition) is 1. The number of aromatic nitrogens is 2. The smallest absolute Gasteiger partial charge is 0.227 e. The zero-order chi connectivity index (χ0) is 23.8. The molecule has 1 atom stereocenters. The number of hydrogen-bond acceptors (Lipinski definition) is 5. The highest BCUT2D eigenvalue weighted by Gasteiger charge is 2.24. The van der Waals surface area contributed by atoms with Gasteiger partial charge in [0.25, 0.3) is 0 Å². The molecule has 3 rings (SSSR count). The van der Waals surface area contributed by atoms with Crippen LogP contribution in [0.25, 0.3) is 5.69 Å². The van der Waals surface area contributed by atoms with E-state index in [-0.39, 0.29) is 18.5 Å². The summed E-state index contributed by atoms with van der Waals surface area (Å²) in [7, 11) is 0. The highest BCUT2D eigenvalue weighted by Crippen LogP contribution is 2.32. The minimum absolute atomic E-state index is 0.153. The van der Waals surface area contributed by atoms with E-state index >= 15 is 0 Å². The zero-order valence-electron chi connectivity index (χ0n) is 19.4. The SMILES string of the molecule is C=CCOC[C@@H](O)CN(Cc1c(C)nn(-c2ccccc2)c1Oc1cccc(F)c1)C(C)C. The Hall–Kier alpha value is -3.00. The molecular weight excluding hydrogens is 421 g/mol. The van der Waals surface area contributed by atoms with Crippen molar-refractivity contribution in [2.45, 2.75) is 39.5 Å². The van der Waals surface area contributed by atoms with Gasteiger partial charge >= 0.3 is 0 Å². The first-order chi connectivity index (χ1) is 15.9. The van der Waals surface area contributed by atoms with E-state index in [0.29, 0.717) is 31.3 Å². The Balaban J connectivity index is 1.93. The number of aryl methyl sites for hydroxylation is 1. The summed E-state index contributed by atoms with van der Waals surface area (Å²) in [5, 5.41) is 15.2. The van der Waals surface area contributed by atoms with Crippen molar-refractivity contribution >= 4 is 0 Å². The molecule has 0 fully saturated rings. The van der Waals surface area contributed by atoms with Gasteiger partial charge in [-0.3, -0.25) is 4.90 Å². The maximum absolute atomic E-state index is 13.8. The first-order valence-corrected chi connectivity index (χ1v) is 11.1. The third-order valence-electron chi connectivity index (χ3n) is 5.23. The highest BCUT2D eigenvalue weighted by atomic mass is 19.1. The molecule has 0 spiro atoms. The fraction of sp³-hybridized carbons (Fsp3) is 0.346. The van der Waals surface area contributed by atoms with Gasteiger partial charge < -0.3 is 14.6 Å². The van der Waals surface area contributed by atoms with E-state index in [0.717, 1.165) is 16.9 Å². The van der Waals surface area contributed by atoms with Gasteiger partial charge in [-0.2, -0.15) is 5.10 Å². The number of rotatable bonds is 12. The Morgan fingerprint density at radius 1 is 1.18 bits per heavy atom. The number of aliphatic hydroxyl groups is 1. The third-order valence-corrected chi connectivity index (χ3v) is 5.23. The number of halogens is 1. The average Bonchev–Trinajstić information content (AvgIpc) is 3.09. The fourth-order valence-corrected chi connectivity index (χ4v) is 3.48. The summed E-state index contributed by atoms with van der Waals surface area (Å²) in [5.74, 6) is 0.539. The lowest BCUT2D eigenvalue weighted by molar-refractivity contribution is 0.0177. The van der Waals surface area contributed by atoms with E-state index in [4.69, 9.17) is 14.6 Å². The van der Waals surface area contributed by atoms with Crippen molar-refractivity contribution in [3.05, 3.63) is 84.3 Å². The number of ether oxygens (including phenoxy) is 2. The molecule has 0 aliphatic rings. The van der Waals surface area contributed by atoms with Crippen LogP contribution in [-0.2, 0) is 11.3 Å². The quantitative estimate of drug-likeness (QED) is 0.313. The van der Waals surface area contributed by atoms with Crippen LogP contribution < -0.4 is 4.74 Å². The molecule has 1 N–H and O–H groups in total. The molecule has 6 nitrogen and oxygen atoms in total. The largest absolute Gasteiger partial charge is 0.438 e. The number of nitrogens with zero attached hydrogens (tertiary/aromatic N) is 3. The molecule has 0 saturated carbocycles. The van der Waals surface area contributed by atoms with Gasteiger partial charge in [0, 0.05) is 25.2 Å². The number of benzene rings is 2. The van der Waals surface area contributed by atoms with Crippen molar-refractivity contribution in [2.24, 2.45) is 0 Å². The molecule has 0 unspecified atom stereocenters. The van der Waals surface area contributed by atoms with Crippen LogP contribution in [0.15, 0.2) is 67.3 Å². The molecule has 33 heavy (non-hydrogen) atoms. The maximum atomic E-state index is 13.8. The van der Waals surface area contributed by atoms with E-state index in [9.17, 15) is 9.50 Å². The Bertz CT molecular complexity index is 1040. The van der Waals surface area contributed by atoms with Crippen molar-refractivity contribution < 1.29 is 19.0 Å². The third kappa shape index (κ3) is 6.74. The monoisotopic (exact) mass is 453 g/mol. The van der Waals surface area contributed by atoms with Gasteiger partial charge in [0.15, 0.2) is 0 Å². The molecule has 0 radical (unpaired) electrons. The molecule has 0 amide bonds. The first-order valence-electron chi connectivity index (χ1n) is 11.1. The van der Waals surface area contributed by atoms with Crippen LogP contribution >= 0.6 is 0 Å². The summed E-state index contributed by atoms with van der Waals surface area (Å²) in [6, 6.07) is 15.9. The second-order valence-electron chi connectivity index (χ2n) is 8.18. The molecule has 7 heteroatoms. The summed E-state index contributed by atoms with van der Waals surface area (Å²) in [6.45, 7) is 11.2. The molecule has 1 aromatic heterocycles. The summed E-state index contributed by atoms with van der Waals surface area (Å²) >= 11 is 0. The van der Waals surface area contributed by atoms with E-state index in [1.165, 1.54) is 12.1 Å². The molecule has 1 heterocycles. The lowest BCUT2D eigenvalue weighted by Crippen LogP contribution is -2.39. The van der Waals surface area contributed by atoms with Gasteiger partial charge in [-0.1, -0.05) is 30.3 Å². The number of aliphatic hydroxyl groups excluding tert-OH is 1. The first kappa shape index (κ1) is 24.6. The standard InChI is InChI=1S/C26H32FN3O3/c1-5-14-32-18-23(31)16-29(19(2)3)17-25-20(4)28-30(22-11-7-6-8-12-22)26(25)33-24-13-9-10-21(27)15-24/h5-13,15,19,23,31H,1,14,16-18H2,2-4H3/t23-/m0/s1.